The van der Waals surface area contributed by atoms with Gasteiger partial charge in [0.2, 0.25) is 5.91 Å². The molecule has 32 heavy (non-hydrogen) atoms. The fourth-order valence-corrected chi connectivity index (χ4v) is 3.76. The summed E-state index contributed by atoms with van der Waals surface area (Å²) in [4.78, 5) is 14.5. The number of amides is 1. The first-order chi connectivity index (χ1) is 15.5. The maximum atomic E-state index is 12.7. The number of ether oxygens (including phenoxy) is 3. The molecule has 0 bridgehead atoms. The van der Waals surface area contributed by atoms with E-state index in [2.05, 4.69) is 0 Å². The second kappa shape index (κ2) is 10.3. The van der Waals surface area contributed by atoms with Gasteiger partial charge in [0.1, 0.15) is 22.8 Å². The van der Waals surface area contributed by atoms with Gasteiger partial charge in [0.05, 0.1) is 27.1 Å². The Morgan fingerprint density at radius 2 is 1.75 bits per heavy atom. The SMILES string of the molecule is CCOc1cc2occ(-c3cc(OC)ccc3OC)c2cc1/C(C)=C/C(=O)N(CC)CC. The summed E-state index contributed by atoms with van der Waals surface area (Å²) >= 11 is 0. The van der Waals surface area contributed by atoms with Gasteiger partial charge in [-0.3, -0.25) is 4.79 Å². The fraction of sp³-hybridized carbons (Fsp3) is 0.346. The minimum atomic E-state index is -0.0167. The van der Waals surface area contributed by atoms with Crippen molar-refractivity contribution in [2.45, 2.75) is 27.7 Å². The number of rotatable bonds is 9. The number of hydrogen-bond donors (Lipinski definition) is 0. The third-order valence-electron chi connectivity index (χ3n) is 5.51. The second-order valence-electron chi connectivity index (χ2n) is 7.33. The summed E-state index contributed by atoms with van der Waals surface area (Å²) in [5.41, 5.74) is 4.12. The Bertz CT molecular complexity index is 1120. The van der Waals surface area contributed by atoms with Crippen LogP contribution < -0.4 is 14.2 Å². The number of methoxy groups -OCH3 is 2. The van der Waals surface area contributed by atoms with Crippen LogP contribution in [-0.4, -0.2) is 44.7 Å². The summed E-state index contributed by atoms with van der Waals surface area (Å²) in [7, 11) is 3.27. The largest absolute Gasteiger partial charge is 0.497 e. The zero-order valence-corrected chi connectivity index (χ0v) is 19.7. The Morgan fingerprint density at radius 1 is 1.00 bits per heavy atom. The molecule has 0 radical (unpaired) electrons. The number of carbonyl (C=O) groups is 1. The van der Waals surface area contributed by atoms with Gasteiger partial charge in [0, 0.05) is 47.3 Å². The van der Waals surface area contributed by atoms with Crippen molar-refractivity contribution in [1.82, 2.24) is 4.90 Å². The predicted molar refractivity (Wildman–Crippen MR) is 128 cm³/mol. The zero-order valence-electron chi connectivity index (χ0n) is 19.7. The van der Waals surface area contributed by atoms with Gasteiger partial charge in [-0.2, -0.15) is 0 Å². The predicted octanol–water partition coefficient (Wildman–Crippen LogP) is 5.79. The molecule has 0 fully saturated rings. The van der Waals surface area contributed by atoms with Gasteiger partial charge in [-0.1, -0.05) is 0 Å². The Hall–Kier alpha value is -3.41. The molecule has 0 unspecified atom stereocenters. The van der Waals surface area contributed by atoms with Gasteiger partial charge >= 0.3 is 0 Å². The molecular formula is C26H31NO5. The van der Waals surface area contributed by atoms with E-state index < -0.39 is 0 Å². The van der Waals surface area contributed by atoms with E-state index >= 15 is 0 Å². The maximum absolute atomic E-state index is 12.7. The highest BCUT2D eigenvalue weighted by Crippen LogP contribution is 2.41. The van der Waals surface area contributed by atoms with Crippen LogP contribution in [0.3, 0.4) is 0 Å². The van der Waals surface area contributed by atoms with E-state index in [1.54, 1.807) is 31.5 Å². The lowest BCUT2D eigenvalue weighted by Crippen LogP contribution is -2.28. The number of carbonyl (C=O) groups excluding carboxylic acids is 1. The molecule has 1 heterocycles. The normalized spacial score (nSPS) is 11.5. The van der Waals surface area contributed by atoms with E-state index in [0.29, 0.717) is 36.8 Å². The van der Waals surface area contributed by atoms with E-state index in [-0.39, 0.29) is 5.91 Å². The van der Waals surface area contributed by atoms with Gasteiger partial charge in [-0.15, -0.1) is 0 Å². The summed E-state index contributed by atoms with van der Waals surface area (Å²) in [6, 6.07) is 9.54. The van der Waals surface area contributed by atoms with Crippen LogP contribution in [0, 0.1) is 0 Å². The lowest BCUT2D eigenvalue weighted by atomic mass is 9.98. The molecule has 6 heteroatoms. The Morgan fingerprint density at radius 3 is 2.38 bits per heavy atom. The van der Waals surface area contributed by atoms with Gasteiger partial charge < -0.3 is 23.5 Å². The van der Waals surface area contributed by atoms with Gasteiger partial charge in [0.25, 0.3) is 0 Å². The fourth-order valence-electron chi connectivity index (χ4n) is 3.76. The molecule has 170 valence electrons. The average molecular weight is 438 g/mol. The molecule has 0 saturated heterocycles. The summed E-state index contributed by atoms with van der Waals surface area (Å²) in [6.07, 6.45) is 3.38. The van der Waals surface area contributed by atoms with Crippen molar-refractivity contribution in [3.63, 3.8) is 0 Å². The first-order valence-electron chi connectivity index (χ1n) is 10.8. The molecule has 0 atom stereocenters. The molecule has 0 N–H and O–H groups in total. The number of furan rings is 1. The third kappa shape index (κ3) is 4.59. The minimum absolute atomic E-state index is 0.0167. The van der Waals surface area contributed by atoms with Crippen LogP contribution in [0.25, 0.3) is 27.7 Å². The van der Waals surface area contributed by atoms with Gasteiger partial charge in [-0.25, -0.2) is 0 Å². The molecule has 0 spiro atoms. The molecule has 0 saturated carbocycles. The minimum Gasteiger partial charge on any atom is -0.497 e. The quantitative estimate of drug-likeness (QED) is 0.397. The molecular weight excluding hydrogens is 406 g/mol. The monoisotopic (exact) mass is 437 g/mol. The lowest BCUT2D eigenvalue weighted by Gasteiger charge is -2.17. The molecule has 0 aliphatic heterocycles. The van der Waals surface area contributed by atoms with Crippen molar-refractivity contribution < 1.29 is 23.4 Å². The number of hydrogen-bond acceptors (Lipinski definition) is 5. The van der Waals surface area contributed by atoms with Crippen LogP contribution in [-0.2, 0) is 4.79 Å². The topological polar surface area (TPSA) is 61.1 Å². The molecule has 1 aromatic heterocycles. The first-order valence-corrected chi connectivity index (χ1v) is 10.8. The van der Waals surface area contributed by atoms with Crippen LogP contribution in [0.15, 0.2) is 47.1 Å². The van der Waals surface area contributed by atoms with E-state index in [1.165, 1.54) is 0 Å². The van der Waals surface area contributed by atoms with Crippen LogP contribution in [0.2, 0.25) is 0 Å². The molecule has 1 amide bonds. The Labute approximate surface area is 189 Å². The summed E-state index contributed by atoms with van der Waals surface area (Å²) in [6.45, 7) is 9.64. The Balaban J connectivity index is 2.18. The number of nitrogens with zero attached hydrogens (tertiary/aromatic N) is 1. The van der Waals surface area contributed by atoms with Crippen LogP contribution >= 0.6 is 0 Å². The van der Waals surface area contributed by atoms with E-state index in [4.69, 9.17) is 18.6 Å². The van der Waals surface area contributed by atoms with Crippen molar-refractivity contribution in [3.8, 4) is 28.4 Å². The molecule has 0 aliphatic carbocycles. The number of allylic oxidation sites excluding steroid dienone is 1. The Kier molecular flexibility index (Phi) is 7.46. The van der Waals surface area contributed by atoms with Crippen molar-refractivity contribution in [2.24, 2.45) is 0 Å². The van der Waals surface area contributed by atoms with Crippen LogP contribution in [0.1, 0.15) is 33.3 Å². The third-order valence-corrected chi connectivity index (χ3v) is 5.51. The van der Waals surface area contributed by atoms with Crippen molar-refractivity contribution >= 4 is 22.4 Å². The highest BCUT2D eigenvalue weighted by atomic mass is 16.5. The molecule has 3 aromatic rings. The smallest absolute Gasteiger partial charge is 0.246 e. The highest BCUT2D eigenvalue weighted by Gasteiger charge is 2.18. The van der Waals surface area contributed by atoms with Crippen molar-refractivity contribution in [1.29, 1.82) is 0 Å². The number of fused-ring (bicyclic) bond motifs is 1. The summed E-state index contributed by atoms with van der Waals surface area (Å²) in [5.74, 6) is 2.10. The van der Waals surface area contributed by atoms with Crippen molar-refractivity contribution in [3.05, 3.63) is 48.2 Å². The maximum Gasteiger partial charge on any atom is 0.246 e. The molecule has 6 nitrogen and oxygen atoms in total. The number of benzene rings is 2. The molecule has 2 aromatic carbocycles. The second-order valence-corrected chi connectivity index (χ2v) is 7.33. The lowest BCUT2D eigenvalue weighted by molar-refractivity contribution is -0.125. The standard InChI is InChI=1S/C26H31NO5/c1-7-27(8-2)26(28)12-17(4)19-14-21-22(16-32-25(21)15-24(19)31-9-3)20-13-18(29-5)10-11-23(20)30-6/h10-16H,7-9H2,1-6H3/b17-12+. The highest BCUT2D eigenvalue weighted by molar-refractivity contribution is 6.01. The van der Waals surface area contributed by atoms with Gasteiger partial charge in [-0.05, 0) is 57.5 Å². The van der Waals surface area contributed by atoms with E-state index in [1.807, 2.05) is 58.0 Å². The first kappa shape index (κ1) is 23.3. The van der Waals surface area contributed by atoms with Crippen LogP contribution in [0.4, 0.5) is 0 Å². The zero-order chi connectivity index (χ0) is 23.3. The number of likely N-dealkylation sites (N-methyl/N-ethyl adjacent to an activating group) is 1. The molecule has 3 rings (SSSR count). The molecule has 0 aliphatic rings. The van der Waals surface area contributed by atoms with Crippen LogP contribution in [0.5, 0.6) is 17.2 Å². The van der Waals surface area contributed by atoms with E-state index in [9.17, 15) is 4.79 Å². The average Bonchev–Trinajstić information content (AvgIpc) is 3.21. The van der Waals surface area contributed by atoms with Crippen molar-refractivity contribution in [2.75, 3.05) is 33.9 Å². The summed E-state index contributed by atoms with van der Waals surface area (Å²) in [5, 5.41) is 0.901. The van der Waals surface area contributed by atoms with E-state index in [0.717, 1.165) is 33.4 Å². The summed E-state index contributed by atoms with van der Waals surface area (Å²) < 4.78 is 22.8. The van der Waals surface area contributed by atoms with Gasteiger partial charge in [0.15, 0.2) is 0 Å².